The highest BCUT2D eigenvalue weighted by atomic mass is 16.5. The summed E-state index contributed by atoms with van der Waals surface area (Å²) >= 11 is 0. The van der Waals surface area contributed by atoms with E-state index in [1.54, 1.807) is 24.3 Å². The second kappa shape index (κ2) is 7.70. The lowest BCUT2D eigenvalue weighted by atomic mass is 10.1. The van der Waals surface area contributed by atoms with Gasteiger partial charge in [-0.3, -0.25) is 9.59 Å². The molecule has 3 N–H and O–H groups in total. The normalized spacial score (nSPS) is 11.7. The zero-order valence-corrected chi connectivity index (χ0v) is 14.4. The van der Waals surface area contributed by atoms with Crippen molar-refractivity contribution >= 4 is 28.3 Å². The van der Waals surface area contributed by atoms with Crippen molar-refractivity contribution in [3.05, 3.63) is 72.3 Å². The van der Waals surface area contributed by atoms with Crippen molar-refractivity contribution in [2.75, 3.05) is 5.32 Å². The molecule has 0 heterocycles. The van der Waals surface area contributed by atoms with Crippen LogP contribution in [0.1, 0.15) is 23.7 Å². The summed E-state index contributed by atoms with van der Waals surface area (Å²) < 4.78 is 5.88. The minimum absolute atomic E-state index is 0.265. The van der Waals surface area contributed by atoms with Gasteiger partial charge in [0.2, 0.25) is 0 Å². The fourth-order valence-electron chi connectivity index (χ4n) is 2.75. The van der Waals surface area contributed by atoms with Gasteiger partial charge in [0.15, 0.2) is 6.10 Å². The standard InChI is InChI=1S/C21H20N2O3/c1-2-19(21(25)23-18-10-6-5-9-17(18)20(22)24)26-16-12-11-14-7-3-4-8-15(14)13-16/h3-13,19H,2H2,1H3,(H2,22,24)(H,23,25). The monoisotopic (exact) mass is 348 g/mol. The molecule has 3 rings (SSSR count). The van der Waals surface area contributed by atoms with Crippen LogP contribution in [0.25, 0.3) is 10.8 Å². The topological polar surface area (TPSA) is 81.4 Å². The molecule has 0 aromatic heterocycles. The van der Waals surface area contributed by atoms with Gasteiger partial charge in [0, 0.05) is 0 Å². The highest BCUT2D eigenvalue weighted by molar-refractivity contribution is 6.04. The maximum atomic E-state index is 12.6. The predicted octanol–water partition coefficient (Wildman–Crippen LogP) is 3.73. The van der Waals surface area contributed by atoms with Crippen molar-refractivity contribution in [1.82, 2.24) is 0 Å². The van der Waals surface area contributed by atoms with E-state index in [4.69, 9.17) is 10.5 Å². The third-order valence-corrected chi connectivity index (χ3v) is 4.11. The molecule has 0 aliphatic rings. The molecule has 0 aliphatic heterocycles. The smallest absolute Gasteiger partial charge is 0.265 e. The number of hydrogen-bond donors (Lipinski definition) is 2. The van der Waals surface area contributed by atoms with Gasteiger partial charge in [0.05, 0.1) is 11.3 Å². The zero-order chi connectivity index (χ0) is 18.5. The number of amides is 2. The predicted molar refractivity (Wildman–Crippen MR) is 102 cm³/mol. The van der Waals surface area contributed by atoms with Crippen LogP contribution in [0.15, 0.2) is 66.7 Å². The van der Waals surface area contributed by atoms with Crippen LogP contribution in [0.3, 0.4) is 0 Å². The first-order valence-electron chi connectivity index (χ1n) is 8.43. The summed E-state index contributed by atoms with van der Waals surface area (Å²) in [5.74, 6) is -0.298. The molecule has 0 radical (unpaired) electrons. The van der Waals surface area contributed by atoms with Crippen molar-refractivity contribution < 1.29 is 14.3 Å². The van der Waals surface area contributed by atoms with Gasteiger partial charge < -0.3 is 15.8 Å². The molecule has 3 aromatic carbocycles. The highest BCUT2D eigenvalue weighted by Gasteiger charge is 2.20. The van der Waals surface area contributed by atoms with Gasteiger partial charge in [-0.25, -0.2) is 0 Å². The first kappa shape index (κ1) is 17.5. The number of nitrogens with two attached hydrogens (primary N) is 1. The average Bonchev–Trinajstić information content (AvgIpc) is 2.66. The summed E-state index contributed by atoms with van der Waals surface area (Å²) in [7, 11) is 0. The number of carbonyl (C=O) groups excluding carboxylic acids is 2. The number of rotatable bonds is 6. The molecular formula is C21H20N2O3. The molecule has 5 heteroatoms. The van der Waals surface area contributed by atoms with Gasteiger partial charge in [-0.1, -0.05) is 49.4 Å². The number of primary amides is 1. The van der Waals surface area contributed by atoms with Crippen LogP contribution < -0.4 is 15.8 Å². The fraction of sp³-hybridized carbons (Fsp3) is 0.143. The Morgan fingerprint density at radius 3 is 2.42 bits per heavy atom. The molecule has 2 amide bonds. The number of anilines is 1. The zero-order valence-electron chi connectivity index (χ0n) is 14.4. The molecule has 5 nitrogen and oxygen atoms in total. The first-order chi connectivity index (χ1) is 12.6. The Bertz CT molecular complexity index is 953. The van der Waals surface area contributed by atoms with Gasteiger partial charge in [0.1, 0.15) is 5.75 Å². The third-order valence-electron chi connectivity index (χ3n) is 4.11. The lowest BCUT2D eigenvalue weighted by molar-refractivity contribution is -0.122. The molecule has 1 unspecified atom stereocenters. The lowest BCUT2D eigenvalue weighted by Crippen LogP contribution is -2.33. The largest absolute Gasteiger partial charge is 0.481 e. The van der Waals surface area contributed by atoms with Crippen LogP contribution >= 0.6 is 0 Å². The molecule has 1 atom stereocenters. The summed E-state index contributed by atoms with van der Waals surface area (Å²) in [6.45, 7) is 1.87. The number of fused-ring (bicyclic) bond motifs is 1. The van der Waals surface area contributed by atoms with Gasteiger partial charge in [-0.15, -0.1) is 0 Å². The van der Waals surface area contributed by atoms with E-state index in [1.807, 2.05) is 49.4 Å². The number of para-hydroxylation sites is 1. The Kier molecular flexibility index (Phi) is 5.17. The quantitative estimate of drug-likeness (QED) is 0.712. The molecule has 0 bridgehead atoms. The number of nitrogens with one attached hydrogen (secondary N) is 1. The number of ether oxygens (including phenoxy) is 1. The highest BCUT2D eigenvalue weighted by Crippen LogP contribution is 2.23. The van der Waals surface area contributed by atoms with Crippen LogP contribution in [-0.4, -0.2) is 17.9 Å². The molecule has 0 fully saturated rings. The van der Waals surface area contributed by atoms with E-state index in [0.717, 1.165) is 10.8 Å². The van der Waals surface area contributed by atoms with Crippen LogP contribution in [-0.2, 0) is 4.79 Å². The molecular weight excluding hydrogens is 328 g/mol. The minimum atomic E-state index is -0.683. The summed E-state index contributed by atoms with van der Waals surface area (Å²) in [5, 5.41) is 4.88. The molecule has 26 heavy (non-hydrogen) atoms. The second-order valence-corrected chi connectivity index (χ2v) is 5.92. The van der Waals surface area contributed by atoms with Gasteiger partial charge in [-0.2, -0.15) is 0 Å². The van der Waals surface area contributed by atoms with Crippen LogP contribution in [0.5, 0.6) is 5.75 Å². The van der Waals surface area contributed by atoms with Gasteiger partial charge in [-0.05, 0) is 41.5 Å². The van der Waals surface area contributed by atoms with Crippen LogP contribution in [0, 0.1) is 0 Å². The van der Waals surface area contributed by atoms with E-state index in [2.05, 4.69) is 5.32 Å². The fourth-order valence-corrected chi connectivity index (χ4v) is 2.75. The Hall–Kier alpha value is -3.34. The second-order valence-electron chi connectivity index (χ2n) is 5.92. The SMILES string of the molecule is CCC(Oc1ccc2ccccc2c1)C(=O)Nc1ccccc1C(N)=O. The summed E-state index contributed by atoms with van der Waals surface area (Å²) in [6, 6.07) is 20.3. The first-order valence-corrected chi connectivity index (χ1v) is 8.43. The van der Waals surface area contributed by atoms with E-state index in [9.17, 15) is 9.59 Å². The number of benzene rings is 3. The molecule has 0 aliphatic carbocycles. The minimum Gasteiger partial charge on any atom is -0.481 e. The number of carbonyl (C=O) groups is 2. The van der Waals surface area contributed by atoms with E-state index in [1.165, 1.54) is 0 Å². The molecule has 0 spiro atoms. The van der Waals surface area contributed by atoms with E-state index in [-0.39, 0.29) is 11.5 Å². The summed E-state index contributed by atoms with van der Waals surface area (Å²) in [5.41, 5.74) is 6.00. The summed E-state index contributed by atoms with van der Waals surface area (Å²) in [4.78, 5) is 24.1. The van der Waals surface area contributed by atoms with Crippen molar-refractivity contribution in [3.8, 4) is 5.75 Å². The lowest BCUT2D eigenvalue weighted by Gasteiger charge is -2.18. The Morgan fingerprint density at radius 1 is 1.00 bits per heavy atom. The van der Waals surface area contributed by atoms with E-state index in [0.29, 0.717) is 17.9 Å². The van der Waals surface area contributed by atoms with E-state index < -0.39 is 12.0 Å². The molecule has 132 valence electrons. The van der Waals surface area contributed by atoms with Gasteiger partial charge >= 0.3 is 0 Å². The maximum absolute atomic E-state index is 12.6. The third kappa shape index (κ3) is 3.83. The Balaban J connectivity index is 1.77. The van der Waals surface area contributed by atoms with Crippen LogP contribution in [0.4, 0.5) is 5.69 Å². The van der Waals surface area contributed by atoms with Crippen LogP contribution in [0.2, 0.25) is 0 Å². The van der Waals surface area contributed by atoms with Crippen molar-refractivity contribution in [3.63, 3.8) is 0 Å². The van der Waals surface area contributed by atoms with E-state index >= 15 is 0 Å². The molecule has 0 saturated carbocycles. The van der Waals surface area contributed by atoms with Crippen molar-refractivity contribution in [2.45, 2.75) is 19.4 Å². The van der Waals surface area contributed by atoms with Crippen molar-refractivity contribution in [2.24, 2.45) is 5.73 Å². The van der Waals surface area contributed by atoms with Crippen molar-refractivity contribution in [1.29, 1.82) is 0 Å². The maximum Gasteiger partial charge on any atom is 0.265 e. The molecule has 0 saturated heterocycles. The Labute approximate surface area is 151 Å². The van der Waals surface area contributed by atoms with Gasteiger partial charge in [0.25, 0.3) is 11.8 Å². The summed E-state index contributed by atoms with van der Waals surface area (Å²) in [6.07, 6.45) is -0.200. The Morgan fingerprint density at radius 2 is 1.69 bits per heavy atom. The average molecular weight is 348 g/mol. The number of hydrogen-bond acceptors (Lipinski definition) is 3. The molecule has 3 aromatic rings.